The van der Waals surface area contributed by atoms with Crippen LogP contribution in [0.1, 0.15) is 74.9 Å². The van der Waals surface area contributed by atoms with Crippen LogP contribution in [0.2, 0.25) is 0 Å². The highest BCUT2D eigenvalue weighted by atomic mass is 32.1. The van der Waals surface area contributed by atoms with Crippen molar-refractivity contribution in [2.24, 2.45) is 0 Å². The van der Waals surface area contributed by atoms with Crippen molar-refractivity contribution in [1.29, 1.82) is 0 Å². The normalized spacial score (nSPS) is 13.5. The van der Waals surface area contributed by atoms with Gasteiger partial charge in [-0.3, -0.25) is 0 Å². The minimum atomic E-state index is -0.0170. The first kappa shape index (κ1) is 40.7. The molecule has 0 saturated carbocycles. The Kier molecular flexibility index (Phi) is 8.87. The third kappa shape index (κ3) is 6.18. The number of thiophene rings is 1. The Morgan fingerprint density at radius 1 is 0.470 bits per heavy atom. The van der Waals surface area contributed by atoms with Crippen LogP contribution in [0.15, 0.2) is 148 Å². The number of benzene rings is 7. The first-order valence-electron chi connectivity index (χ1n) is 23.3. The molecule has 66 heavy (non-hydrogen) atoms. The molecule has 10 aromatic rings. The second-order valence-electron chi connectivity index (χ2n) is 20.8. The van der Waals surface area contributed by atoms with E-state index in [1.165, 1.54) is 93.3 Å². The SMILES string of the molecule is Cc1cc(C(C)(C)C)cc(C)c1N1c2cc(-c3cc4ccccc4o3)ccc2B2c3sc4ccc(C(C)(C)C)cc4c3N(c3c(C)cc(-c4cc5ccccc5o4)cc3C)c3cccc1c32. The second-order valence-corrected chi connectivity index (χ2v) is 21.9. The molecule has 0 bridgehead atoms. The van der Waals surface area contributed by atoms with Crippen molar-refractivity contribution in [2.75, 3.05) is 9.80 Å². The molecular weight excluding hydrogens is 824 g/mol. The summed E-state index contributed by atoms with van der Waals surface area (Å²) in [5, 5.41) is 3.52. The van der Waals surface area contributed by atoms with E-state index in [2.05, 4.69) is 200 Å². The van der Waals surface area contributed by atoms with Crippen LogP contribution < -0.4 is 25.5 Å². The van der Waals surface area contributed by atoms with Gasteiger partial charge in [-0.15, -0.1) is 11.3 Å². The number of aryl methyl sites for hydroxylation is 4. The van der Waals surface area contributed by atoms with Gasteiger partial charge >= 0.3 is 0 Å². The van der Waals surface area contributed by atoms with E-state index in [0.29, 0.717) is 0 Å². The summed E-state index contributed by atoms with van der Waals surface area (Å²) in [7, 11) is 0. The minimum Gasteiger partial charge on any atom is -0.456 e. The zero-order valence-corrected chi connectivity index (χ0v) is 40.3. The van der Waals surface area contributed by atoms with E-state index < -0.39 is 0 Å². The fourth-order valence-electron chi connectivity index (χ4n) is 10.9. The summed E-state index contributed by atoms with van der Waals surface area (Å²) in [5.41, 5.74) is 21.5. The van der Waals surface area contributed by atoms with E-state index in [1.54, 1.807) is 0 Å². The van der Waals surface area contributed by atoms with Crippen LogP contribution in [0, 0.1) is 27.7 Å². The summed E-state index contributed by atoms with van der Waals surface area (Å²) in [5.74, 6) is 1.76. The maximum absolute atomic E-state index is 6.58. The maximum Gasteiger partial charge on any atom is 0.264 e. The number of hydrogen-bond donors (Lipinski definition) is 0. The summed E-state index contributed by atoms with van der Waals surface area (Å²) in [6.45, 7) is 23.0. The van der Waals surface area contributed by atoms with E-state index in [9.17, 15) is 0 Å². The number of anilines is 6. The zero-order chi connectivity index (χ0) is 45.6. The smallest absolute Gasteiger partial charge is 0.264 e. The number of rotatable bonds is 4. The van der Waals surface area contributed by atoms with E-state index in [4.69, 9.17) is 8.83 Å². The van der Waals surface area contributed by atoms with Gasteiger partial charge in [-0.25, -0.2) is 0 Å². The third-order valence-electron chi connectivity index (χ3n) is 14.2. The largest absolute Gasteiger partial charge is 0.456 e. The van der Waals surface area contributed by atoms with Gasteiger partial charge in [0.1, 0.15) is 22.7 Å². The molecule has 0 aliphatic carbocycles. The highest BCUT2D eigenvalue weighted by molar-refractivity contribution is 7.33. The molecule has 2 aliphatic heterocycles. The Morgan fingerprint density at radius 2 is 1.03 bits per heavy atom. The molecule has 6 heteroatoms. The van der Waals surface area contributed by atoms with Crippen LogP contribution in [-0.4, -0.2) is 6.71 Å². The number of para-hydroxylation sites is 2. The average Bonchev–Trinajstić information content (AvgIpc) is 4.02. The molecule has 0 amide bonds. The maximum atomic E-state index is 6.58. The van der Waals surface area contributed by atoms with Gasteiger partial charge in [0.2, 0.25) is 0 Å². The monoisotopic (exact) mass is 876 g/mol. The van der Waals surface area contributed by atoms with Crippen LogP contribution in [0.5, 0.6) is 0 Å². The van der Waals surface area contributed by atoms with Gasteiger partial charge in [0, 0.05) is 53.8 Å². The van der Waals surface area contributed by atoms with Gasteiger partial charge in [0.25, 0.3) is 6.71 Å². The molecule has 7 aromatic carbocycles. The summed E-state index contributed by atoms with van der Waals surface area (Å²) < 4.78 is 15.7. The predicted molar refractivity (Wildman–Crippen MR) is 283 cm³/mol. The van der Waals surface area contributed by atoms with Crippen LogP contribution in [0.25, 0.3) is 54.7 Å². The van der Waals surface area contributed by atoms with Gasteiger partial charge in [0.15, 0.2) is 0 Å². The number of hydrogen-bond acceptors (Lipinski definition) is 5. The Morgan fingerprint density at radius 3 is 1.64 bits per heavy atom. The zero-order valence-electron chi connectivity index (χ0n) is 39.5. The molecule has 324 valence electrons. The van der Waals surface area contributed by atoms with Crippen molar-refractivity contribution in [3.8, 4) is 22.6 Å². The third-order valence-corrected chi connectivity index (χ3v) is 15.4. The Labute approximate surface area is 392 Å². The Bertz CT molecular complexity index is 3530. The Balaban J connectivity index is 1.15. The molecule has 4 nitrogen and oxygen atoms in total. The summed E-state index contributed by atoms with van der Waals surface area (Å²) >= 11 is 1.95. The van der Waals surface area contributed by atoms with Crippen LogP contribution >= 0.6 is 11.3 Å². The molecule has 12 rings (SSSR count). The van der Waals surface area contributed by atoms with Crippen LogP contribution in [0.4, 0.5) is 34.1 Å². The summed E-state index contributed by atoms with van der Waals surface area (Å²) in [6, 6.07) is 51.7. The van der Waals surface area contributed by atoms with E-state index in [0.717, 1.165) is 44.6 Å². The lowest BCUT2D eigenvalue weighted by Crippen LogP contribution is -2.60. The lowest BCUT2D eigenvalue weighted by atomic mass is 9.36. The molecule has 5 heterocycles. The molecule has 3 aromatic heterocycles. The van der Waals surface area contributed by atoms with E-state index >= 15 is 0 Å². The van der Waals surface area contributed by atoms with E-state index in [-0.39, 0.29) is 17.5 Å². The molecule has 0 unspecified atom stereocenters. The molecule has 2 aliphatic rings. The van der Waals surface area contributed by atoms with Gasteiger partial charge < -0.3 is 18.6 Å². The van der Waals surface area contributed by atoms with Crippen molar-refractivity contribution in [2.45, 2.75) is 80.1 Å². The van der Waals surface area contributed by atoms with Gasteiger partial charge in [-0.2, -0.15) is 0 Å². The highest BCUT2D eigenvalue weighted by Crippen LogP contribution is 2.51. The second kappa shape index (κ2) is 14.4. The number of fused-ring (bicyclic) bond motifs is 8. The number of furan rings is 2. The first-order valence-corrected chi connectivity index (χ1v) is 24.1. The molecule has 0 N–H and O–H groups in total. The van der Waals surface area contributed by atoms with Crippen molar-refractivity contribution in [3.05, 3.63) is 173 Å². The summed E-state index contributed by atoms with van der Waals surface area (Å²) in [6.07, 6.45) is 0. The van der Waals surface area contributed by atoms with Crippen molar-refractivity contribution in [3.63, 3.8) is 0 Å². The standard InChI is InChI=1S/C60H53BN2O2S/c1-34-26-41(52-32-39-17-12-14-21-50(39)65-52)27-35(2)56(34)63-47-19-15-18-46-54(47)61(58-57(63)44-33-42(59(5,6)7)23-25-53(44)66-58)45-24-22-40(51-31-38-16-11-13-20-49(38)64-51)30-48(45)62(46)55-36(3)28-43(29-37(55)4)60(8,9)10/h11-33H,1-10H3. The molecule has 0 atom stereocenters. The molecular formula is C60H53BN2O2S. The van der Waals surface area contributed by atoms with Crippen molar-refractivity contribution >= 4 is 99.9 Å². The molecule has 0 spiro atoms. The first-order chi connectivity index (χ1) is 31.6. The van der Waals surface area contributed by atoms with Gasteiger partial charge in [-0.05, 0) is 150 Å². The van der Waals surface area contributed by atoms with Crippen LogP contribution in [0.3, 0.4) is 0 Å². The molecule has 0 radical (unpaired) electrons. The quantitative estimate of drug-likeness (QED) is 0.165. The lowest BCUT2D eigenvalue weighted by Gasteiger charge is -2.44. The highest BCUT2D eigenvalue weighted by Gasteiger charge is 2.46. The number of nitrogens with zero attached hydrogens (tertiary/aromatic N) is 2. The fraction of sp³-hybridized carbons (Fsp3) is 0.200. The minimum absolute atomic E-state index is 0.00111. The lowest BCUT2D eigenvalue weighted by molar-refractivity contribution is 0.589. The summed E-state index contributed by atoms with van der Waals surface area (Å²) in [4.78, 5) is 5.20. The van der Waals surface area contributed by atoms with Crippen molar-refractivity contribution < 1.29 is 8.83 Å². The Hall–Kier alpha value is -6.76. The van der Waals surface area contributed by atoms with Gasteiger partial charge in [0.05, 0.1) is 17.1 Å². The van der Waals surface area contributed by atoms with Crippen LogP contribution in [-0.2, 0) is 10.8 Å². The van der Waals surface area contributed by atoms with E-state index in [1.807, 2.05) is 29.5 Å². The fourth-order valence-corrected chi connectivity index (χ4v) is 12.2. The average molecular weight is 877 g/mol. The van der Waals surface area contributed by atoms with Crippen molar-refractivity contribution in [1.82, 2.24) is 0 Å². The predicted octanol–water partition coefficient (Wildman–Crippen LogP) is 15.6. The molecule has 0 fully saturated rings. The molecule has 0 saturated heterocycles. The van der Waals surface area contributed by atoms with Gasteiger partial charge in [-0.1, -0.05) is 114 Å². The topological polar surface area (TPSA) is 32.8 Å².